The van der Waals surface area contributed by atoms with Gasteiger partial charge in [0.25, 0.3) is 0 Å². The standard InChI is InChI=1S/C15H21N3O2.ClH/c1-11-9-16-6-7-18(11)10-15(20)17-14-5-3-4-13(8-14)12(2)19;/h3-5,8,11,16H,6-7,9-10H2,1-2H3,(H,17,20);1H. The van der Waals surface area contributed by atoms with Crippen LogP contribution in [0.2, 0.25) is 0 Å². The second-order valence-electron chi connectivity index (χ2n) is 5.21. The molecule has 0 aromatic heterocycles. The molecule has 0 bridgehead atoms. The quantitative estimate of drug-likeness (QED) is 0.828. The van der Waals surface area contributed by atoms with Crippen molar-refractivity contribution in [1.82, 2.24) is 10.2 Å². The number of carbonyl (C=O) groups is 2. The Morgan fingerprint density at radius 2 is 2.19 bits per heavy atom. The first-order valence-electron chi connectivity index (χ1n) is 6.92. The van der Waals surface area contributed by atoms with E-state index >= 15 is 0 Å². The Morgan fingerprint density at radius 3 is 2.86 bits per heavy atom. The van der Waals surface area contributed by atoms with Gasteiger partial charge in [0.15, 0.2) is 5.78 Å². The van der Waals surface area contributed by atoms with Gasteiger partial charge >= 0.3 is 0 Å². The minimum atomic E-state index is -0.0422. The first-order chi connectivity index (χ1) is 9.56. The Balaban J connectivity index is 0.00000220. The molecule has 2 N–H and O–H groups in total. The molecule has 1 amide bonds. The fourth-order valence-corrected chi connectivity index (χ4v) is 2.32. The van der Waals surface area contributed by atoms with Gasteiger partial charge in [-0.2, -0.15) is 0 Å². The van der Waals surface area contributed by atoms with E-state index in [-0.39, 0.29) is 24.1 Å². The highest BCUT2D eigenvalue weighted by Gasteiger charge is 2.20. The number of carbonyl (C=O) groups excluding carboxylic acids is 2. The van der Waals surface area contributed by atoms with E-state index < -0.39 is 0 Å². The van der Waals surface area contributed by atoms with E-state index in [0.717, 1.165) is 19.6 Å². The van der Waals surface area contributed by atoms with Crippen molar-refractivity contribution in [1.29, 1.82) is 0 Å². The van der Waals surface area contributed by atoms with Crippen LogP contribution in [0.4, 0.5) is 5.69 Å². The lowest BCUT2D eigenvalue weighted by atomic mass is 10.1. The topological polar surface area (TPSA) is 61.4 Å². The summed E-state index contributed by atoms with van der Waals surface area (Å²) in [5.74, 6) is -0.0451. The van der Waals surface area contributed by atoms with Crippen LogP contribution in [0.3, 0.4) is 0 Å². The van der Waals surface area contributed by atoms with Gasteiger partial charge in [-0.1, -0.05) is 12.1 Å². The molecule has 1 atom stereocenters. The third-order valence-corrected chi connectivity index (χ3v) is 3.54. The summed E-state index contributed by atoms with van der Waals surface area (Å²) in [4.78, 5) is 25.5. The fraction of sp³-hybridized carbons (Fsp3) is 0.467. The molecule has 0 aliphatic carbocycles. The summed E-state index contributed by atoms with van der Waals surface area (Å²) in [5, 5.41) is 6.15. The second kappa shape index (κ2) is 8.12. The minimum absolute atomic E-state index is 0. The number of nitrogens with one attached hydrogen (secondary N) is 2. The molecule has 5 nitrogen and oxygen atoms in total. The summed E-state index contributed by atoms with van der Waals surface area (Å²) in [6, 6.07) is 7.39. The molecule has 1 unspecified atom stereocenters. The smallest absolute Gasteiger partial charge is 0.238 e. The van der Waals surface area contributed by atoms with Crippen molar-refractivity contribution < 1.29 is 9.59 Å². The summed E-state index contributed by atoms with van der Waals surface area (Å²) in [6.45, 7) is 6.71. The average Bonchev–Trinajstić information content (AvgIpc) is 2.41. The van der Waals surface area contributed by atoms with Crippen LogP contribution in [-0.2, 0) is 4.79 Å². The molecule has 2 rings (SSSR count). The van der Waals surface area contributed by atoms with Gasteiger partial charge in [-0.05, 0) is 26.0 Å². The molecule has 1 aliphatic rings. The Hall–Kier alpha value is -1.43. The van der Waals surface area contributed by atoms with Crippen molar-refractivity contribution in [2.45, 2.75) is 19.9 Å². The number of piperazine rings is 1. The molecule has 1 aromatic carbocycles. The summed E-state index contributed by atoms with van der Waals surface area (Å²) in [5.41, 5.74) is 1.28. The fourth-order valence-electron chi connectivity index (χ4n) is 2.32. The Bertz CT molecular complexity index is 507. The third kappa shape index (κ3) is 5.12. The highest BCUT2D eigenvalue weighted by molar-refractivity contribution is 5.97. The predicted octanol–water partition coefficient (Wildman–Crippen LogP) is 1.54. The second-order valence-corrected chi connectivity index (χ2v) is 5.21. The lowest BCUT2D eigenvalue weighted by Gasteiger charge is -2.33. The minimum Gasteiger partial charge on any atom is -0.325 e. The van der Waals surface area contributed by atoms with Crippen molar-refractivity contribution in [2.75, 3.05) is 31.5 Å². The van der Waals surface area contributed by atoms with Crippen molar-refractivity contribution in [3.63, 3.8) is 0 Å². The van der Waals surface area contributed by atoms with Gasteiger partial charge in [0.2, 0.25) is 5.91 Å². The van der Waals surface area contributed by atoms with E-state index in [1.165, 1.54) is 6.92 Å². The van der Waals surface area contributed by atoms with Gasteiger partial charge in [0, 0.05) is 36.9 Å². The van der Waals surface area contributed by atoms with Crippen LogP contribution >= 0.6 is 12.4 Å². The van der Waals surface area contributed by atoms with Gasteiger partial charge in [-0.3, -0.25) is 14.5 Å². The number of benzene rings is 1. The number of Topliss-reactive ketones (excluding diaryl/α,β-unsaturated/α-hetero) is 1. The zero-order valence-electron chi connectivity index (χ0n) is 12.4. The molecule has 116 valence electrons. The summed E-state index contributed by atoms with van der Waals surface area (Å²) in [7, 11) is 0. The molecular weight excluding hydrogens is 290 g/mol. The maximum absolute atomic E-state index is 12.0. The number of nitrogens with zero attached hydrogens (tertiary/aromatic N) is 1. The number of amides is 1. The molecule has 0 radical (unpaired) electrons. The maximum atomic E-state index is 12.0. The molecule has 1 heterocycles. The lowest BCUT2D eigenvalue weighted by Crippen LogP contribution is -2.51. The van der Waals surface area contributed by atoms with E-state index in [9.17, 15) is 9.59 Å². The number of rotatable bonds is 4. The molecule has 0 saturated carbocycles. The van der Waals surface area contributed by atoms with Gasteiger partial charge in [-0.25, -0.2) is 0 Å². The molecule has 1 saturated heterocycles. The number of halogens is 1. The zero-order valence-corrected chi connectivity index (χ0v) is 13.2. The van der Waals surface area contributed by atoms with Crippen LogP contribution in [0.15, 0.2) is 24.3 Å². The monoisotopic (exact) mass is 311 g/mol. The number of ketones is 1. The Morgan fingerprint density at radius 1 is 1.43 bits per heavy atom. The number of hydrogen-bond acceptors (Lipinski definition) is 4. The van der Waals surface area contributed by atoms with Crippen molar-refractivity contribution in [3.8, 4) is 0 Å². The van der Waals surface area contributed by atoms with E-state index in [0.29, 0.717) is 23.8 Å². The molecule has 0 spiro atoms. The number of anilines is 1. The van der Waals surface area contributed by atoms with E-state index in [1.807, 2.05) is 0 Å². The molecule has 21 heavy (non-hydrogen) atoms. The normalized spacial score (nSPS) is 18.7. The van der Waals surface area contributed by atoms with Crippen molar-refractivity contribution >= 4 is 29.8 Å². The summed E-state index contributed by atoms with van der Waals surface area (Å²) >= 11 is 0. The van der Waals surface area contributed by atoms with Crippen LogP contribution in [-0.4, -0.2) is 48.8 Å². The summed E-state index contributed by atoms with van der Waals surface area (Å²) in [6.07, 6.45) is 0. The Labute approximate surface area is 131 Å². The van der Waals surface area contributed by atoms with Gasteiger partial charge in [-0.15, -0.1) is 12.4 Å². The highest BCUT2D eigenvalue weighted by atomic mass is 35.5. The number of hydrogen-bond donors (Lipinski definition) is 2. The first kappa shape index (κ1) is 17.6. The van der Waals surface area contributed by atoms with Crippen LogP contribution in [0.25, 0.3) is 0 Å². The molecule has 1 aliphatic heterocycles. The largest absolute Gasteiger partial charge is 0.325 e. The summed E-state index contributed by atoms with van der Waals surface area (Å²) < 4.78 is 0. The maximum Gasteiger partial charge on any atom is 0.238 e. The molecular formula is C15H22ClN3O2. The SMILES string of the molecule is CC(=O)c1cccc(NC(=O)CN2CCNCC2C)c1.Cl. The van der Waals surface area contributed by atoms with Gasteiger partial charge in [0.05, 0.1) is 6.54 Å². The third-order valence-electron chi connectivity index (χ3n) is 3.54. The molecule has 6 heteroatoms. The zero-order chi connectivity index (χ0) is 14.5. The Kier molecular flexibility index (Phi) is 6.81. The van der Waals surface area contributed by atoms with E-state index in [1.54, 1.807) is 24.3 Å². The van der Waals surface area contributed by atoms with Crippen molar-refractivity contribution in [2.24, 2.45) is 0 Å². The van der Waals surface area contributed by atoms with Crippen LogP contribution < -0.4 is 10.6 Å². The van der Waals surface area contributed by atoms with Crippen LogP contribution in [0.5, 0.6) is 0 Å². The highest BCUT2D eigenvalue weighted by Crippen LogP contribution is 2.11. The molecule has 1 aromatic rings. The van der Waals surface area contributed by atoms with E-state index in [2.05, 4.69) is 22.5 Å². The first-order valence-corrected chi connectivity index (χ1v) is 6.92. The predicted molar refractivity (Wildman–Crippen MR) is 86.2 cm³/mol. The van der Waals surface area contributed by atoms with Crippen LogP contribution in [0.1, 0.15) is 24.2 Å². The lowest BCUT2D eigenvalue weighted by molar-refractivity contribution is -0.118. The van der Waals surface area contributed by atoms with Gasteiger partial charge < -0.3 is 10.6 Å². The van der Waals surface area contributed by atoms with Gasteiger partial charge in [0.1, 0.15) is 0 Å². The van der Waals surface area contributed by atoms with Crippen LogP contribution in [0, 0.1) is 0 Å². The van der Waals surface area contributed by atoms with E-state index in [4.69, 9.17) is 0 Å². The van der Waals surface area contributed by atoms with Crippen molar-refractivity contribution in [3.05, 3.63) is 29.8 Å². The molecule has 1 fully saturated rings. The average molecular weight is 312 g/mol.